The Morgan fingerprint density at radius 1 is 0.806 bits per heavy atom. The molecule has 4 heteroatoms. The molecule has 158 valence electrons. The SMILES string of the molecule is O=C(NC(CC(=O)N1CCC(c2ccccc2)CC1)c1ccccc1)c1ccccc1. The van der Waals surface area contributed by atoms with Crippen molar-refractivity contribution in [1.82, 2.24) is 10.2 Å². The average Bonchev–Trinajstić information content (AvgIpc) is 2.85. The normalized spacial score (nSPS) is 15.3. The first kappa shape index (κ1) is 20.9. The van der Waals surface area contributed by atoms with Gasteiger partial charge in [-0.1, -0.05) is 78.9 Å². The number of nitrogens with one attached hydrogen (secondary N) is 1. The predicted molar refractivity (Wildman–Crippen MR) is 123 cm³/mol. The highest BCUT2D eigenvalue weighted by atomic mass is 16.2. The van der Waals surface area contributed by atoms with Crippen LogP contribution in [0, 0.1) is 0 Å². The van der Waals surface area contributed by atoms with E-state index in [1.807, 2.05) is 59.5 Å². The first-order valence-corrected chi connectivity index (χ1v) is 10.9. The summed E-state index contributed by atoms with van der Waals surface area (Å²) >= 11 is 0. The highest BCUT2D eigenvalue weighted by Gasteiger charge is 2.27. The number of carbonyl (C=O) groups is 2. The van der Waals surface area contributed by atoms with Crippen LogP contribution in [0.4, 0.5) is 0 Å². The molecule has 1 heterocycles. The Labute approximate surface area is 183 Å². The number of hydrogen-bond donors (Lipinski definition) is 1. The summed E-state index contributed by atoms with van der Waals surface area (Å²) in [5, 5.41) is 3.07. The summed E-state index contributed by atoms with van der Waals surface area (Å²) < 4.78 is 0. The largest absolute Gasteiger partial charge is 0.345 e. The fraction of sp³-hybridized carbons (Fsp3) is 0.259. The van der Waals surface area contributed by atoms with Crippen molar-refractivity contribution in [2.45, 2.75) is 31.2 Å². The molecule has 0 aliphatic carbocycles. The van der Waals surface area contributed by atoms with Gasteiger partial charge in [0.2, 0.25) is 5.91 Å². The van der Waals surface area contributed by atoms with Gasteiger partial charge in [-0.15, -0.1) is 0 Å². The summed E-state index contributed by atoms with van der Waals surface area (Å²) in [6, 6.07) is 29.1. The molecule has 4 nitrogen and oxygen atoms in total. The number of benzene rings is 3. The molecule has 4 rings (SSSR count). The second-order valence-corrected chi connectivity index (χ2v) is 8.07. The third-order valence-corrected chi connectivity index (χ3v) is 6.04. The van der Waals surface area contributed by atoms with E-state index in [0.29, 0.717) is 11.5 Å². The van der Waals surface area contributed by atoms with Gasteiger partial charge in [-0.3, -0.25) is 9.59 Å². The summed E-state index contributed by atoms with van der Waals surface area (Å²) in [7, 11) is 0. The number of piperidine rings is 1. The molecule has 1 unspecified atom stereocenters. The molecular weight excluding hydrogens is 384 g/mol. The zero-order chi connectivity index (χ0) is 21.5. The lowest BCUT2D eigenvalue weighted by molar-refractivity contribution is -0.132. The van der Waals surface area contributed by atoms with E-state index >= 15 is 0 Å². The first-order chi connectivity index (χ1) is 15.2. The molecule has 0 saturated carbocycles. The maximum atomic E-state index is 13.1. The van der Waals surface area contributed by atoms with Gasteiger partial charge in [0.25, 0.3) is 5.91 Å². The lowest BCUT2D eigenvalue weighted by Crippen LogP contribution is -2.40. The van der Waals surface area contributed by atoms with Crippen molar-refractivity contribution in [2.24, 2.45) is 0 Å². The van der Waals surface area contributed by atoms with E-state index < -0.39 is 0 Å². The maximum absolute atomic E-state index is 13.1. The van der Waals surface area contributed by atoms with Crippen LogP contribution in [0.5, 0.6) is 0 Å². The number of likely N-dealkylation sites (tertiary alicyclic amines) is 1. The smallest absolute Gasteiger partial charge is 0.251 e. The van der Waals surface area contributed by atoms with E-state index in [1.54, 1.807) is 12.1 Å². The molecular formula is C27H28N2O2. The van der Waals surface area contributed by atoms with Crippen LogP contribution in [0.2, 0.25) is 0 Å². The Morgan fingerprint density at radius 3 is 1.97 bits per heavy atom. The van der Waals surface area contributed by atoms with Crippen molar-refractivity contribution in [1.29, 1.82) is 0 Å². The van der Waals surface area contributed by atoms with Gasteiger partial charge in [-0.2, -0.15) is 0 Å². The molecule has 0 aromatic heterocycles. The Bertz CT molecular complexity index is 982. The topological polar surface area (TPSA) is 49.4 Å². The Hall–Kier alpha value is -3.40. The molecule has 1 aliphatic rings. The van der Waals surface area contributed by atoms with Crippen molar-refractivity contribution in [2.75, 3.05) is 13.1 Å². The number of amides is 2. The second-order valence-electron chi connectivity index (χ2n) is 8.07. The lowest BCUT2D eigenvalue weighted by atomic mass is 9.89. The van der Waals surface area contributed by atoms with Gasteiger partial charge in [-0.05, 0) is 42.0 Å². The summed E-state index contributed by atoms with van der Waals surface area (Å²) in [6.07, 6.45) is 2.21. The fourth-order valence-corrected chi connectivity index (χ4v) is 4.26. The van der Waals surface area contributed by atoms with Gasteiger partial charge in [0.05, 0.1) is 12.5 Å². The van der Waals surface area contributed by atoms with E-state index in [0.717, 1.165) is 31.5 Å². The fourth-order valence-electron chi connectivity index (χ4n) is 4.26. The minimum absolute atomic E-state index is 0.0914. The summed E-state index contributed by atoms with van der Waals surface area (Å²) in [6.45, 7) is 1.51. The van der Waals surface area contributed by atoms with Crippen molar-refractivity contribution in [3.8, 4) is 0 Å². The summed E-state index contributed by atoms with van der Waals surface area (Å²) in [5.74, 6) is 0.437. The van der Waals surface area contributed by atoms with Gasteiger partial charge in [0.1, 0.15) is 0 Å². The molecule has 1 saturated heterocycles. The number of nitrogens with zero attached hydrogens (tertiary/aromatic N) is 1. The quantitative estimate of drug-likeness (QED) is 0.622. The first-order valence-electron chi connectivity index (χ1n) is 10.9. The van der Waals surface area contributed by atoms with Crippen LogP contribution in [-0.4, -0.2) is 29.8 Å². The van der Waals surface area contributed by atoms with Crippen LogP contribution in [0.15, 0.2) is 91.0 Å². The standard InChI is InChI=1S/C27H28N2O2/c30-26(29-18-16-22(17-19-29)21-10-4-1-5-11-21)20-25(23-12-6-2-7-13-23)28-27(31)24-14-8-3-9-15-24/h1-15,22,25H,16-20H2,(H,28,31). The van der Waals surface area contributed by atoms with Crippen molar-refractivity contribution < 1.29 is 9.59 Å². The van der Waals surface area contributed by atoms with Crippen LogP contribution >= 0.6 is 0 Å². The van der Waals surface area contributed by atoms with Gasteiger partial charge < -0.3 is 10.2 Å². The number of rotatable bonds is 6. The number of carbonyl (C=O) groups excluding carboxylic acids is 2. The van der Waals surface area contributed by atoms with Crippen LogP contribution in [0.3, 0.4) is 0 Å². The Kier molecular flexibility index (Phi) is 6.78. The Balaban J connectivity index is 1.41. The molecule has 2 amide bonds. The summed E-state index contributed by atoms with van der Waals surface area (Å²) in [4.78, 5) is 27.8. The minimum Gasteiger partial charge on any atom is -0.345 e. The highest BCUT2D eigenvalue weighted by Crippen LogP contribution is 2.29. The molecule has 0 spiro atoms. The molecule has 1 atom stereocenters. The van der Waals surface area contributed by atoms with Crippen LogP contribution < -0.4 is 5.32 Å². The van der Waals surface area contributed by atoms with E-state index in [-0.39, 0.29) is 24.3 Å². The van der Waals surface area contributed by atoms with Gasteiger partial charge in [0, 0.05) is 18.7 Å². The van der Waals surface area contributed by atoms with Crippen molar-refractivity contribution in [3.05, 3.63) is 108 Å². The second kappa shape index (κ2) is 10.1. The number of hydrogen-bond acceptors (Lipinski definition) is 2. The molecule has 3 aromatic carbocycles. The average molecular weight is 413 g/mol. The van der Waals surface area contributed by atoms with Crippen LogP contribution in [-0.2, 0) is 4.79 Å². The summed E-state index contributed by atoms with van der Waals surface area (Å²) in [5.41, 5.74) is 2.89. The van der Waals surface area contributed by atoms with E-state index in [2.05, 4.69) is 29.6 Å². The molecule has 0 radical (unpaired) electrons. The van der Waals surface area contributed by atoms with Crippen LogP contribution in [0.25, 0.3) is 0 Å². The minimum atomic E-state index is -0.353. The van der Waals surface area contributed by atoms with Crippen LogP contribution in [0.1, 0.15) is 52.7 Å². The van der Waals surface area contributed by atoms with Crippen molar-refractivity contribution >= 4 is 11.8 Å². The zero-order valence-electron chi connectivity index (χ0n) is 17.6. The van der Waals surface area contributed by atoms with Gasteiger partial charge >= 0.3 is 0 Å². The van der Waals surface area contributed by atoms with Gasteiger partial charge in [0.15, 0.2) is 0 Å². The Morgan fingerprint density at radius 2 is 1.35 bits per heavy atom. The van der Waals surface area contributed by atoms with E-state index in [9.17, 15) is 9.59 Å². The molecule has 1 aliphatic heterocycles. The molecule has 1 fully saturated rings. The van der Waals surface area contributed by atoms with Crippen molar-refractivity contribution in [3.63, 3.8) is 0 Å². The third kappa shape index (κ3) is 5.40. The molecule has 31 heavy (non-hydrogen) atoms. The van der Waals surface area contributed by atoms with E-state index in [1.165, 1.54) is 5.56 Å². The highest BCUT2D eigenvalue weighted by molar-refractivity contribution is 5.94. The van der Waals surface area contributed by atoms with Gasteiger partial charge in [-0.25, -0.2) is 0 Å². The van der Waals surface area contributed by atoms with E-state index in [4.69, 9.17) is 0 Å². The molecule has 3 aromatic rings. The maximum Gasteiger partial charge on any atom is 0.251 e. The predicted octanol–water partition coefficient (Wildman–Crippen LogP) is 4.95. The lowest BCUT2D eigenvalue weighted by Gasteiger charge is -2.33. The third-order valence-electron chi connectivity index (χ3n) is 6.04. The monoisotopic (exact) mass is 412 g/mol. The zero-order valence-corrected chi connectivity index (χ0v) is 17.6. The molecule has 1 N–H and O–H groups in total. The molecule has 0 bridgehead atoms.